The molecular weight excluding hydrogens is 232 g/mol. The van der Waals surface area contributed by atoms with Crippen molar-refractivity contribution in [3.8, 4) is 0 Å². The van der Waals surface area contributed by atoms with Gasteiger partial charge in [0, 0.05) is 11.0 Å². The maximum atomic E-state index is 13.3. The van der Waals surface area contributed by atoms with Crippen molar-refractivity contribution in [1.82, 2.24) is 9.97 Å². The Morgan fingerprint density at radius 1 is 1.12 bits per heavy atom. The van der Waals surface area contributed by atoms with E-state index in [-0.39, 0.29) is 0 Å². The normalized spacial score (nSPS) is 10.4. The van der Waals surface area contributed by atoms with Crippen LogP contribution in [0.3, 0.4) is 0 Å². The highest BCUT2D eigenvalue weighted by molar-refractivity contribution is 7.99. The number of nitrogens with two attached hydrogens (primary N) is 1. The molecule has 2 aromatic rings. The van der Waals surface area contributed by atoms with Gasteiger partial charge in [-0.25, -0.2) is 18.7 Å². The zero-order valence-electron chi connectivity index (χ0n) is 8.02. The third kappa shape index (κ3) is 2.46. The molecule has 16 heavy (non-hydrogen) atoms. The molecule has 0 fully saturated rings. The molecule has 0 atom stereocenters. The lowest BCUT2D eigenvalue weighted by molar-refractivity contribution is 0.565. The smallest absolute Gasteiger partial charge is 0.141 e. The van der Waals surface area contributed by atoms with E-state index in [0.29, 0.717) is 15.7 Å². The van der Waals surface area contributed by atoms with Crippen molar-refractivity contribution in [1.29, 1.82) is 0 Å². The van der Waals surface area contributed by atoms with Gasteiger partial charge in [-0.2, -0.15) is 0 Å². The second-order valence-electron chi connectivity index (χ2n) is 2.96. The standard InChI is InChI=1S/C10H7F2N3S/c11-6-1-2-8(7(12)3-6)16-10-5-14-9(13)4-15-10/h1-5H,(H2,13,14). The predicted molar refractivity (Wildman–Crippen MR) is 56.9 cm³/mol. The van der Waals surface area contributed by atoms with Gasteiger partial charge in [0.05, 0.1) is 12.4 Å². The number of rotatable bonds is 2. The fourth-order valence-corrected chi connectivity index (χ4v) is 1.78. The summed E-state index contributed by atoms with van der Waals surface area (Å²) in [7, 11) is 0. The van der Waals surface area contributed by atoms with Crippen molar-refractivity contribution in [2.75, 3.05) is 5.73 Å². The van der Waals surface area contributed by atoms with Crippen LogP contribution in [0.2, 0.25) is 0 Å². The maximum absolute atomic E-state index is 13.3. The number of aromatic nitrogens is 2. The summed E-state index contributed by atoms with van der Waals surface area (Å²) in [6.45, 7) is 0. The van der Waals surface area contributed by atoms with E-state index in [1.54, 1.807) is 0 Å². The number of benzene rings is 1. The number of anilines is 1. The SMILES string of the molecule is Nc1cnc(Sc2ccc(F)cc2F)cn1. The Morgan fingerprint density at radius 3 is 2.56 bits per heavy atom. The Balaban J connectivity index is 2.23. The van der Waals surface area contributed by atoms with E-state index >= 15 is 0 Å². The molecule has 0 aliphatic rings. The molecule has 3 nitrogen and oxygen atoms in total. The molecule has 0 amide bonds. The number of nitrogen functional groups attached to an aromatic ring is 1. The van der Waals surface area contributed by atoms with Crippen LogP contribution in [-0.2, 0) is 0 Å². The van der Waals surface area contributed by atoms with Gasteiger partial charge in [0.2, 0.25) is 0 Å². The maximum Gasteiger partial charge on any atom is 0.141 e. The molecule has 2 rings (SSSR count). The van der Waals surface area contributed by atoms with Gasteiger partial charge in [-0.05, 0) is 12.1 Å². The molecule has 0 aliphatic carbocycles. The minimum atomic E-state index is -0.622. The molecule has 0 radical (unpaired) electrons. The molecule has 2 N–H and O–H groups in total. The molecule has 1 heterocycles. The van der Waals surface area contributed by atoms with Crippen LogP contribution in [0.15, 0.2) is 40.5 Å². The summed E-state index contributed by atoms with van der Waals surface area (Å²) in [6, 6.07) is 3.37. The molecule has 1 aromatic carbocycles. The van der Waals surface area contributed by atoms with Crippen LogP contribution in [0.5, 0.6) is 0 Å². The van der Waals surface area contributed by atoms with Crippen molar-refractivity contribution in [2.45, 2.75) is 9.92 Å². The molecule has 0 aliphatic heterocycles. The van der Waals surface area contributed by atoms with Gasteiger partial charge in [0.1, 0.15) is 22.5 Å². The number of hydrogen-bond donors (Lipinski definition) is 1. The Bertz CT molecular complexity index is 502. The van der Waals surface area contributed by atoms with Crippen LogP contribution in [0.4, 0.5) is 14.6 Å². The second-order valence-corrected chi connectivity index (χ2v) is 4.02. The average Bonchev–Trinajstić information content (AvgIpc) is 2.25. The van der Waals surface area contributed by atoms with E-state index in [2.05, 4.69) is 9.97 Å². The first-order valence-corrected chi connectivity index (χ1v) is 5.17. The lowest BCUT2D eigenvalue weighted by Gasteiger charge is -2.02. The van der Waals surface area contributed by atoms with E-state index in [9.17, 15) is 8.78 Å². The zero-order chi connectivity index (χ0) is 11.5. The number of nitrogens with zero attached hydrogens (tertiary/aromatic N) is 2. The lowest BCUT2D eigenvalue weighted by atomic mass is 10.3. The van der Waals surface area contributed by atoms with Gasteiger partial charge in [-0.15, -0.1) is 0 Å². The molecule has 0 saturated carbocycles. The first-order valence-electron chi connectivity index (χ1n) is 4.35. The van der Waals surface area contributed by atoms with Crippen molar-refractivity contribution >= 4 is 17.6 Å². The van der Waals surface area contributed by atoms with Crippen LogP contribution >= 0.6 is 11.8 Å². The van der Waals surface area contributed by atoms with Gasteiger partial charge in [-0.3, -0.25) is 0 Å². The summed E-state index contributed by atoms with van der Waals surface area (Å²) in [6.07, 6.45) is 2.81. The molecule has 0 unspecified atom stereocenters. The minimum absolute atomic E-state index is 0.292. The van der Waals surface area contributed by atoms with Gasteiger partial charge in [0.25, 0.3) is 0 Å². The highest BCUT2D eigenvalue weighted by Crippen LogP contribution is 2.28. The number of halogens is 2. The first-order chi connectivity index (χ1) is 7.65. The topological polar surface area (TPSA) is 51.8 Å². The molecule has 82 valence electrons. The quantitative estimate of drug-likeness (QED) is 0.874. The van der Waals surface area contributed by atoms with Crippen LogP contribution in [0.1, 0.15) is 0 Å². The number of hydrogen-bond acceptors (Lipinski definition) is 4. The van der Waals surface area contributed by atoms with Crippen molar-refractivity contribution < 1.29 is 8.78 Å². The van der Waals surface area contributed by atoms with Crippen LogP contribution < -0.4 is 5.73 Å². The molecule has 0 bridgehead atoms. The molecule has 0 saturated heterocycles. The van der Waals surface area contributed by atoms with E-state index in [0.717, 1.165) is 17.8 Å². The molecular formula is C10H7F2N3S. The Hall–Kier alpha value is -1.69. The molecule has 6 heteroatoms. The van der Waals surface area contributed by atoms with Gasteiger partial charge < -0.3 is 5.73 Å². The molecule has 0 spiro atoms. The monoisotopic (exact) mass is 239 g/mol. The third-order valence-corrected chi connectivity index (χ3v) is 2.73. The average molecular weight is 239 g/mol. The molecule has 1 aromatic heterocycles. The minimum Gasteiger partial charge on any atom is -0.382 e. The van der Waals surface area contributed by atoms with Gasteiger partial charge in [0.15, 0.2) is 0 Å². The van der Waals surface area contributed by atoms with Crippen molar-refractivity contribution in [3.63, 3.8) is 0 Å². The predicted octanol–water partition coefficient (Wildman–Crippen LogP) is 2.49. The summed E-state index contributed by atoms with van der Waals surface area (Å²) in [5.74, 6) is -0.933. The third-order valence-electron chi connectivity index (χ3n) is 1.76. The summed E-state index contributed by atoms with van der Waals surface area (Å²) in [5.41, 5.74) is 5.36. The summed E-state index contributed by atoms with van der Waals surface area (Å²) < 4.78 is 25.9. The highest BCUT2D eigenvalue weighted by atomic mass is 32.2. The summed E-state index contributed by atoms with van der Waals surface area (Å²) >= 11 is 1.06. The Kier molecular flexibility index (Phi) is 3.00. The van der Waals surface area contributed by atoms with Gasteiger partial charge >= 0.3 is 0 Å². The van der Waals surface area contributed by atoms with Gasteiger partial charge in [-0.1, -0.05) is 11.8 Å². The largest absolute Gasteiger partial charge is 0.382 e. The second kappa shape index (κ2) is 4.44. The van der Waals surface area contributed by atoms with Crippen molar-refractivity contribution in [3.05, 3.63) is 42.2 Å². The fraction of sp³-hybridized carbons (Fsp3) is 0. The lowest BCUT2D eigenvalue weighted by Crippen LogP contribution is -1.92. The van der Waals surface area contributed by atoms with E-state index in [1.165, 1.54) is 24.5 Å². The zero-order valence-corrected chi connectivity index (χ0v) is 8.84. The summed E-state index contributed by atoms with van der Waals surface area (Å²) in [4.78, 5) is 8.06. The van der Waals surface area contributed by atoms with Crippen LogP contribution in [-0.4, -0.2) is 9.97 Å². The highest BCUT2D eigenvalue weighted by Gasteiger charge is 2.06. The fourth-order valence-electron chi connectivity index (χ4n) is 1.05. The van der Waals surface area contributed by atoms with Crippen LogP contribution in [0, 0.1) is 11.6 Å². The van der Waals surface area contributed by atoms with E-state index in [4.69, 9.17) is 5.73 Å². The Labute approximate surface area is 94.7 Å². The first kappa shape index (κ1) is 10.8. The van der Waals surface area contributed by atoms with Crippen LogP contribution in [0.25, 0.3) is 0 Å². The van der Waals surface area contributed by atoms with E-state index in [1.807, 2.05) is 0 Å². The van der Waals surface area contributed by atoms with E-state index < -0.39 is 11.6 Å². The Morgan fingerprint density at radius 2 is 1.94 bits per heavy atom. The summed E-state index contributed by atoms with van der Waals surface area (Å²) in [5, 5.41) is 0.500. The van der Waals surface area contributed by atoms with Crippen molar-refractivity contribution in [2.24, 2.45) is 0 Å².